The van der Waals surface area contributed by atoms with Gasteiger partial charge < -0.3 is 11.1 Å². The average Bonchev–Trinajstić information content (AvgIpc) is 3.44. The molecule has 2 aromatic carbocycles. The standard InChI is InChI=1S/C22H22N6O2/c23-21(29)20-13-19(26-28(20)18-9-2-1-3-10-18)22(30)24-14-16-7-4-5-8-17(16)15-27-12-6-11-25-27/h1-12,20H,13-15H2,(H2,23,29)(H,24,30)/t20-/m1/s1. The first kappa shape index (κ1) is 19.4. The quantitative estimate of drug-likeness (QED) is 0.627. The minimum atomic E-state index is -0.680. The second kappa shape index (κ2) is 8.60. The lowest BCUT2D eigenvalue weighted by Crippen LogP contribution is -2.39. The number of hydrazone groups is 1. The van der Waals surface area contributed by atoms with Crippen LogP contribution in [0.5, 0.6) is 0 Å². The number of carbonyl (C=O) groups is 2. The second-order valence-corrected chi connectivity index (χ2v) is 7.00. The van der Waals surface area contributed by atoms with Gasteiger partial charge in [0.15, 0.2) is 0 Å². The first-order chi connectivity index (χ1) is 14.6. The monoisotopic (exact) mass is 402 g/mol. The summed E-state index contributed by atoms with van der Waals surface area (Å²) in [6.07, 6.45) is 3.80. The van der Waals surface area contributed by atoms with Crippen molar-refractivity contribution in [3.8, 4) is 0 Å². The molecule has 1 aromatic heterocycles. The van der Waals surface area contributed by atoms with Crippen LogP contribution in [0.2, 0.25) is 0 Å². The fraction of sp³-hybridized carbons (Fsp3) is 0.182. The predicted octanol–water partition coefficient (Wildman–Crippen LogP) is 1.67. The largest absolute Gasteiger partial charge is 0.368 e. The number of nitrogens with two attached hydrogens (primary N) is 1. The van der Waals surface area contributed by atoms with Crippen LogP contribution in [0.1, 0.15) is 17.5 Å². The molecule has 152 valence electrons. The van der Waals surface area contributed by atoms with Crippen molar-refractivity contribution in [3.63, 3.8) is 0 Å². The molecule has 4 rings (SSSR count). The van der Waals surface area contributed by atoms with Crippen LogP contribution < -0.4 is 16.1 Å². The summed E-state index contributed by atoms with van der Waals surface area (Å²) < 4.78 is 1.83. The molecule has 30 heavy (non-hydrogen) atoms. The van der Waals surface area contributed by atoms with Crippen LogP contribution in [-0.4, -0.2) is 33.3 Å². The molecule has 8 nitrogen and oxygen atoms in total. The predicted molar refractivity (Wildman–Crippen MR) is 114 cm³/mol. The van der Waals surface area contributed by atoms with E-state index in [0.29, 0.717) is 18.8 Å². The lowest BCUT2D eigenvalue weighted by molar-refractivity contribution is -0.119. The lowest BCUT2D eigenvalue weighted by atomic mass is 10.1. The van der Waals surface area contributed by atoms with Gasteiger partial charge in [-0.25, -0.2) is 0 Å². The molecule has 2 amide bonds. The van der Waals surface area contributed by atoms with E-state index in [2.05, 4.69) is 15.5 Å². The highest BCUT2D eigenvalue weighted by atomic mass is 16.2. The zero-order valence-corrected chi connectivity index (χ0v) is 16.3. The SMILES string of the molecule is NC(=O)[C@H]1CC(C(=O)NCc2ccccc2Cn2cccn2)=NN1c1ccccc1. The maximum Gasteiger partial charge on any atom is 0.267 e. The van der Waals surface area contributed by atoms with Crippen molar-refractivity contribution < 1.29 is 9.59 Å². The highest BCUT2D eigenvalue weighted by Crippen LogP contribution is 2.24. The molecule has 1 atom stereocenters. The molecule has 0 fully saturated rings. The Bertz CT molecular complexity index is 1060. The molecule has 0 saturated carbocycles. The number of nitrogens with zero attached hydrogens (tertiary/aromatic N) is 4. The molecule has 3 aromatic rings. The van der Waals surface area contributed by atoms with Crippen molar-refractivity contribution in [1.29, 1.82) is 0 Å². The van der Waals surface area contributed by atoms with Gasteiger partial charge in [-0.2, -0.15) is 10.2 Å². The summed E-state index contributed by atoms with van der Waals surface area (Å²) in [5.74, 6) is -0.830. The Morgan fingerprint density at radius 1 is 1.03 bits per heavy atom. The van der Waals surface area contributed by atoms with Crippen LogP contribution in [0.25, 0.3) is 0 Å². The van der Waals surface area contributed by atoms with Crippen molar-refractivity contribution in [2.75, 3.05) is 5.01 Å². The van der Waals surface area contributed by atoms with Crippen LogP contribution >= 0.6 is 0 Å². The molecule has 0 saturated heterocycles. The summed E-state index contributed by atoms with van der Waals surface area (Å²) in [4.78, 5) is 24.6. The number of nitrogens with one attached hydrogen (secondary N) is 1. The highest BCUT2D eigenvalue weighted by Gasteiger charge is 2.34. The molecule has 0 spiro atoms. The van der Waals surface area contributed by atoms with Gasteiger partial charge in [0.25, 0.3) is 5.91 Å². The number of amides is 2. The molecule has 3 N–H and O–H groups in total. The Morgan fingerprint density at radius 3 is 2.47 bits per heavy atom. The van der Waals surface area contributed by atoms with Crippen LogP contribution in [0.4, 0.5) is 5.69 Å². The molecule has 0 bridgehead atoms. The van der Waals surface area contributed by atoms with E-state index in [1.165, 1.54) is 5.01 Å². The third-order valence-electron chi connectivity index (χ3n) is 4.97. The van der Waals surface area contributed by atoms with Gasteiger partial charge in [0.05, 0.1) is 12.2 Å². The molecule has 0 unspecified atom stereocenters. The zero-order chi connectivity index (χ0) is 20.9. The van der Waals surface area contributed by atoms with Gasteiger partial charge in [-0.3, -0.25) is 19.3 Å². The average molecular weight is 402 g/mol. The van der Waals surface area contributed by atoms with Gasteiger partial charge in [0, 0.05) is 25.4 Å². The summed E-state index contributed by atoms with van der Waals surface area (Å²) in [5, 5.41) is 13.0. The number of primary amides is 1. The molecular weight excluding hydrogens is 380 g/mol. The number of para-hydroxylation sites is 1. The third kappa shape index (κ3) is 4.22. The summed E-state index contributed by atoms with van der Waals surface area (Å²) in [5.41, 5.74) is 8.60. The Morgan fingerprint density at radius 2 is 1.77 bits per heavy atom. The van der Waals surface area contributed by atoms with Crippen molar-refractivity contribution in [1.82, 2.24) is 15.1 Å². The summed E-state index contributed by atoms with van der Waals surface area (Å²) in [6, 6.07) is 18.3. The van der Waals surface area contributed by atoms with Crippen LogP contribution in [0, 0.1) is 0 Å². The first-order valence-corrected chi connectivity index (χ1v) is 9.65. The van der Waals surface area contributed by atoms with Gasteiger partial charge in [-0.05, 0) is 29.3 Å². The van der Waals surface area contributed by atoms with E-state index in [1.54, 1.807) is 6.20 Å². The van der Waals surface area contributed by atoms with Gasteiger partial charge in [0.2, 0.25) is 5.91 Å². The van der Waals surface area contributed by atoms with E-state index in [0.717, 1.165) is 11.1 Å². The van der Waals surface area contributed by atoms with Crippen LogP contribution in [0.3, 0.4) is 0 Å². The van der Waals surface area contributed by atoms with E-state index in [9.17, 15) is 9.59 Å². The summed E-state index contributed by atoms with van der Waals surface area (Å²) >= 11 is 0. The number of aromatic nitrogens is 2. The van der Waals surface area contributed by atoms with E-state index in [1.807, 2.05) is 71.5 Å². The molecular formula is C22H22N6O2. The van der Waals surface area contributed by atoms with Crippen molar-refractivity contribution >= 4 is 23.2 Å². The highest BCUT2D eigenvalue weighted by molar-refractivity contribution is 6.40. The van der Waals surface area contributed by atoms with Gasteiger partial charge in [0.1, 0.15) is 11.8 Å². The third-order valence-corrected chi connectivity index (χ3v) is 4.97. The Kier molecular flexibility index (Phi) is 5.56. The van der Waals surface area contributed by atoms with Gasteiger partial charge >= 0.3 is 0 Å². The van der Waals surface area contributed by atoms with Gasteiger partial charge in [-0.15, -0.1) is 0 Å². The molecule has 2 heterocycles. The minimum Gasteiger partial charge on any atom is -0.368 e. The number of anilines is 1. The van der Waals surface area contributed by atoms with E-state index in [4.69, 9.17) is 5.73 Å². The van der Waals surface area contributed by atoms with Crippen molar-refractivity contribution in [3.05, 3.63) is 84.2 Å². The van der Waals surface area contributed by atoms with Crippen molar-refractivity contribution in [2.24, 2.45) is 10.8 Å². The van der Waals surface area contributed by atoms with E-state index >= 15 is 0 Å². The number of rotatable bonds is 7. The summed E-state index contributed by atoms with van der Waals surface area (Å²) in [7, 11) is 0. The van der Waals surface area contributed by atoms with Crippen LogP contribution in [0.15, 0.2) is 78.2 Å². The molecule has 1 aliphatic rings. The summed E-state index contributed by atoms with van der Waals surface area (Å²) in [6.45, 7) is 0.966. The number of hydrogen-bond acceptors (Lipinski definition) is 5. The van der Waals surface area contributed by atoms with E-state index in [-0.39, 0.29) is 18.0 Å². The van der Waals surface area contributed by atoms with Crippen LogP contribution in [-0.2, 0) is 22.7 Å². The van der Waals surface area contributed by atoms with Crippen molar-refractivity contribution in [2.45, 2.75) is 25.6 Å². The first-order valence-electron chi connectivity index (χ1n) is 9.65. The Hall–Kier alpha value is -3.94. The molecule has 8 heteroatoms. The molecule has 0 aliphatic carbocycles. The number of hydrogen-bond donors (Lipinski definition) is 2. The van der Waals surface area contributed by atoms with Gasteiger partial charge in [-0.1, -0.05) is 42.5 Å². The maximum absolute atomic E-state index is 12.8. The fourth-order valence-corrected chi connectivity index (χ4v) is 3.42. The van der Waals surface area contributed by atoms with E-state index < -0.39 is 11.9 Å². The number of carbonyl (C=O) groups excluding carboxylic acids is 2. The Balaban J connectivity index is 1.46. The smallest absolute Gasteiger partial charge is 0.267 e. The zero-order valence-electron chi connectivity index (χ0n) is 16.3. The molecule has 0 radical (unpaired) electrons. The Labute approximate surface area is 174 Å². The minimum absolute atomic E-state index is 0.172. The maximum atomic E-state index is 12.8. The normalized spacial score (nSPS) is 15.7. The lowest BCUT2D eigenvalue weighted by Gasteiger charge is -2.20. The fourth-order valence-electron chi connectivity index (χ4n) is 3.42. The second-order valence-electron chi connectivity index (χ2n) is 7.00. The topological polar surface area (TPSA) is 106 Å². The number of benzene rings is 2. The molecule has 1 aliphatic heterocycles.